The third-order valence-electron chi connectivity index (χ3n) is 3.67. The topological polar surface area (TPSA) is 23.6 Å². The van der Waals surface area contributed by atoms with E-state index < -0.39 is 0 Å². The van der Waals surface area contributed by atoms with Crippen molar-refractivity contribution in [3.8, 4) is 0 Å². The van der Waals surface area contributed by atoms with Gasteiger partial charge in [-0.1, -0.05) is 32.1 Å². The van der Waals surface area contributed by atoms with Gasteiger partial charge in [-0.05, 0) is 33.4 Å². The predicted molar refractivity (Wildman–Crippen MR) is 76.5 cm³/mol. The Morgan fingerprint density at radius 3 is 2.28 bits per heavy atom. The summed E-state index contributed by atoms with van der Waals surface area (Å²) >= 11 is 0. The lowest BCUT2D eigenvalue weighted by molar-refractivity contribution is -0.127. The van der Waals surface area contributed by atoms with Gasteiger partial charge in [0.25, 0.3) is 0 Å². The molecule has 0 saturated heterocycles. The minimum Gasteiger partial charge on any atom is -0.339 e. The standard InChI is InChI=1S/C15H26N2O/c1-5-16(6-2)14-11-9-10-13(12-14)15(18)17(7-3)8-4/h9-11,14H,5-8,12H2,1-4H3. The first-order valence-corrected chi connectivity index (χ1v) is 7.08. The molecule has 0 spiro atoms. The summed E-state index contributed by atoms with van der Waals surface area (Å²) in [5.74, 6) is 0.196. The molecule has 1 rings (SSSR count). The molecule has 0 aromatic carbocycles. The van der Waals surface area contributed by atoms with Crippen LogP contribution in [-0.4, -0.2) is 47.9 Å². The van der Waals surface area contributed by atoms with Gasteiger partial charge in [-0.25, -0.2) is 0 Å². The molecular weight excluding hydrogens is 224 g/mol. The van der Waals surface area contributed by atoms with Crippen molar-refractivity contribution in [2.75, 3.05) is 26.2 Å². The highest BCUT2D eigenvalue weighted by atomic mass is 16.2. The van der Waals surface area contributed by atoms with Crippen molar-refractivity contribution in [2.24, 2.45) is 0 Å². The van der Waals surface area contributed by atoms with E-state index in [4.69, 9.17) is 0 Å². The van der Waals surface area contributed by atoms with Gasteiger partial charge in [-0.3, -0.25) is 9.69 Å². The quantitative estimate of drug-likeness (QED) is 0.723. The summed E-state index contributed by atoms with van der Waals surface area (Å²) in [7, 11) is 0. The van der Waals surface area contributed by atoms with E-state index >= 15 is 0 Å². The molecular formula is C15H26N2O. The Hall–Kier alpha value is -1.09. The highest BCUT2D eigenvalue weighted by molar-refractivity contribution is 5.94. The Balaban J connectivity index is 2.72. The third-order valence-corrected chi connectivity index (χ3v) is 3.67. The normalized spacial score (nSPS) is 18.9. The van der Waals surface area contributed by atoms with E-state index in [9.17, 15) is 4.79 Å². The first kappa shape index (κ1) is 15.0. The van der Waals surface area contributed by atoms with Crippen LogP contribution >= 0.6 is 0 Å². The molecule has 0 aromatic heterocycles. The average Bonchev–Trinajstić information content (AvgIpc) is 2.42. The number of amides is 1. The molecule has 0 fully saturated rings. The monoisotopic (exact) mass is 250 g/mol. The Bertz CT molecular complexity index is 325. The second-order valence-corrected chi connectivity index (χ2v) is 4.55. The van der Waals surface area contributed by atoms with Crippen molar-refractivity contribution in [1.82, 2.24) is 9.80 Å². The fourth-order valence-electron chi connectivity index (χ4n) is 2.48. The average molecular weight is 250 g/mol. The maximum Gasteiger partial charge on any atom is 0.249 e. The number of nitrogens with zero attached hydrogens (tertiary/aromatic N) is 2. The summed E-state index contributed by atoms with van der Waals surface area (Å²) in [4.78, 5) is 16.6. The van der Waals surface area contributed by atoms with Crippen molar-refractivity contribution < 1.29 is 4.79 Å². The summed E-state index contributed by atoms with van der Waals surface area (Å²) < 4.78 is 0. The van der Waals surface area contributed by atoms with E-state index in [1.807, 2.05) is 30.9 Å². The molecule has 3 heteroatoms. The van der Waals surface area contributed by atoms with Gasteiger partial charge in [0.2, 0.25) is 5.91 Å². The largest absolute Gasteiger partial charge is 0.339 e. The van der Waals surface area contributed by atoms with Gasteiger partial charge in [-0.2, -0.15) is 0 Å². The second-order valence-electron chi connectivity index (χ2n) is 4.55. The van der Waals surface area contributed by atoms with Crippen molar-refractivity contribution in [2.45, 2.75) is 40.2 Å². The molecule has 0 N–H and O–H groups in total. The molecule has 0 saturated carbocycles. The second kappa shape index (κ2) is 7.37. The van der Waals surface area contributed by atoms with Gasteiger partial charge in [0.15, 0.2) is 0 Å². The molecule has 0 aromatic rings. The van der Waals surface area contributed by atoms with Crippen LogP contribution < -0.4 is 0 Å². The minimum absolute atomic E-state index is 0.196. The van der Waals surface area contributed by atoms with Gasteiger partial charge in [-0.15, -0.1) is 0 Å². The summed E-state index contributed by atoms with van der Waals surface area (Å²) in [6.45, 7) is 12.0. The smallest absolute Gasteiger partial charge is 0.249 e. The number of rotatable bonds is 6. The van der Waals surface area contributed by atoms with Crippen LogP contribution in [0.15, 0.2) is 23.8 Å². The molecule has 0 radical (unpaired) electrons. The molecule has 18 heavy (non-hydrogen) atoms. The molecule has 1 aliphatic rings. The van der Waals surface area contributed by atoms with Gasteiger partial charge in [0.1, 0.15) is 0 Å². The van der Waals surface area contributed by atoms with Gasteiger partial charge < -0.3 is 4.90 Å². The summed E-state index contributed by atoms with van der Waals surface area (Å²) in [5, 5.41) is 0. The number of carbonyl (C=O) groups excluding carboxylic acids is 1. The van der Waals surface area contributed by atoms with Crippen LogP contribution in [-0.2, 0) is 4.79 Å². The third kappa shape index (κ3) is 3.45. The lowest BCUT2D eigenvalue weighted by Crippen LogP contribution is -2.38. The van der Waals surface area contributed by atoms with E-state index in [1.54, 1.807) is 0 Å². The molecule has 1 aliphatic carbocycles. The van der Waals surface area contributed by atoms with Crippen LogP contribution in [0.1, 0.15) is 34.1 Å². The van der Waals surface area contributed by atoms with Crippen molar-refractivity contribution in [3.63, 3.8) is 0 Å². The van der Waals surface area contributed by atoms with Crippen molar-refractivity contribution in [1.29, 1.82) is 0 Å². The van der Waals surface area contributed by atoms with Crippen LogP contribution in [0.4, 0.5) is 0 Å². The number of carbonyl (C=O) groups is 1. The first-order chi connectivity index (χ1) is 8.67. The molecule has 0 heterocycles. The Labute approximate surface area is 111 Å². The molecule has 0 bridgehead atoms. The maximum absolute atomic E-state index is 12.3. The van der Waals surface area contributed by atoms with Crippen LogP contribution in [0.5, 0.6) is 0 Å². The highest BCUT2D eigenvalue weighted by Crippen LogP contribution is 2.19. The van der Waals surface area contributed by atoms with E-state index in [0.29, 0.717) is 6.04 Å². The van der Waals surface area contributed by atoms with E-state index in [1.165, 1.54) is 0 Å². The number of allylic oxidation sites excluding steroid dienone is 2. The molecule has 3 nitrogen and oxygen atoms in total. The zero-order valence-electron chi connectivity index (χ0n) is 12.1. The molecule has 1 amide bonds. The van der Waals surface area contributed by atoms with Crippen LogP contribution in [0.2, 0.25) is 0 Å². The zero-order chi connectivity index (χ0) is 13.5. The fraction of sp³-hybridized carbons (Fsp3) is 0.667. The lowest BCUT2D eigenvalue weighted by atomic mass is 9.98. The van der Waals surface area contributed by atoms with E-state index in [0.717, 1.165) is 38.2 Å². The zero-order valence-corrected chi connectivity index (χ0v) is 12.1. The van der Waals surface area contributed by atoms with Gasteiger partial charge in [0, 0.05) is 24.7 Å². The van der Waals surface area contributed by atoms with Gasteiger partial charge >= 0.3 is 0 Å². The van der Waals surface area contributed by atoms with Gasteiger partial charge in [0.05, 0.1) is 0 Å². The van der Waals surface area contributed by atoms with Crippen LogP contribution in [0, 0.1) is 0 Å². The predicted octanol–water partition coefficient (Wildman–Crippen LogP) is 2.45. The minimum atomic E-state index is 0.196. The van der Waals surface area contributed by atoms with E-state index in [-0.39, 0.29) is 5.91 Å². The Morgan fingerprint density at radius 2 is 1.78 bits per heavy atom. The Kier molecular flexibility index (Phi) is 6.13. The fourth-order valence-corrected chi connectivity index (χ4v) is 2.48. The Morgan fingerprint density at radius 1 is 1.17 bits per heavy atom. The van der Waals surface area contributed by atoms with Crippen molar-refractivity contribution in [3.05, 3.63) is 23.8 Å². The lowest BCUT2D eigenvalue weighted by Gasteiger charge is -2.30. The first-order valence-electron chi connectivity index (χ1n) is 7.08. The number of hydrogen-bond acceptors (Lipinski definition) is 2. The maximum atomic E-state index is 12.3. The van der Waals surface area contributed by atoms with Crippen LogP contribution in [0.25, 0.3) is 0 Å². The molecule has 102 valence electrons. The van der Waals surface area contributed by atoms with Crippen LogP contribution in [0.3, 0.4) is 0 Å². The van der Waals surface area contributed by atoms with E-state index in [2.05, 4.69) is 24.8 Å². The molecule has 0 aliphatic heterocycles. The number of hydrogen-bond donors (Lipinski definition) is 0. The van der Waals surface area contributed by atoms with Crippen molar-refractivity contribution >= 4 is 5.91 Å². The SMILES string of the molecule is CCN(CC)C(=O)C1=CC=CC(N(CC)CC)C1. The summed E-state index contributed by atoms with van der Waals surface area (Å²) in [6, 6.07) is 0.375. The molecule has 1 unspecified atom stereocenters. The number of likely N-dealkylation sites (N-methyl/N-ethyl adjacent to an activating group) is 2. The summed E-state index contributed by atoms with van der Waals surface area (Å²) in [5.41, 5.74) is 0.943. The highest BCUT2D eigenvalue weighted by Gasteiger charge is 2.22. The summed E-state index contributed by atoms with van der Waals surface area (Å²) in [6.07, 6.45) is 7.05. The molecule has 1 atom stereocenters.